The monoisotopic (exact) mass is 258 g/mol. The molecule has 5 heteroatoms. The van der Waals surface area contributed by atoms with E-state index in [9.17, 15) is 5.11 Å². The standard InChI is InChI=1S/C12H22O4Si/c1-4-15-17(3,16-5-2)10-8-11-7-6-9-14-12(11)13/h6-7,9,12-13H,4-5,8,10H2,1-3H3. The Morgan fingerprint density at radius 2 is 2.00 bits per heavy atom. The highest BCUT2D eigenvalue weighted by atomic mass is 28.4. The lowest BCUT2D eigenvalue weighted by Gasteiger charge is -2.27. The molecule has 1 N–H and O–H groups in total. The van der Waals surface area contributed by atoms with E-state index in [1.165, 1.54) is 6.26 Å². The summed E-state index contributed by atoms with van der Waals surface area (Å²) in [6.07, 6.45) is 5.11. The van der Waals surface area contributed by atoms with Crippen LogP contribution in [-0.4, -0.2) is 33.2 Å². The number of hydrogen-bond acceptors (Lipinski definition) is 4. The van der Waals surface area contributed by atoms with Crippen LogP contribution in [0.5, 0.6) is 0 Å². The number of ether oxygens (including phenoxy) is 1. The Morgan fingerprint density at radius 1 is 1.35 bits per heavy atom. The van der Waals surface area contributed by atoms with Crippen LogP contribution in [0.4, 0.5) is 0 Å². The van der Waals surface area contributed by atoms with Crippen LogP contribution in [0.15, 0.2) is 24.0 Å². The Bertz CT molecular complexity index is 282. The molecule has 0 aromatic carbocycles. The molecule has 0 bridgehead atoms. The summed E-state index contributed by atoms with van der Waals surface area (Å²) < 4.78 is 16.5. The molecule has 1 aliphatic rings. The Balaban J connectivity index is 2.51. The molecule has 17 heavy (non-hydrogen) atoms. The van der Waals surface area contributed by atoms with Gasteiger partial charge in [0.15, 0.2) is 0 Å². The third-order valence-electron chi connectivity index (χ3n) is 2.68. The smallest absolute Gasteiger partial charge is 0.335 e. The number of allylic oxidation sites excluding steroid dienone is 2. The van der Waals surface area contributed by atoms with E-state index in [0.29, 0.717) is 13.2 Å². The average molecular weight is 258 g/mol. The van der Waals surface area contributed by atoms with Crippen molar-refractivity contribution in [1.82, 2.24) is 0 Å². The molecular formula is C12H22O4Si. The highest BCUT2D eigenvalue weighted by Crippen LogP contribution is 2.23. The van der Waals surface area contributed by atoms with Crippen molar-refractivity contribution < 1.29 is 18.7 Å². The van der Waals surface area contributed by atoms with Gasteiger partial charge in [-0.25, -0.2) is 0 Å². The summed E-state index contributed by atoms with van der Waals surface area (Å²) in [4.78, 5) is 0. The highest BCUT2D eigenvalue weighted by molar-refractivity contribution is 6.66. The first-order chi connectivity index (χ1) is 8.11. The van der Waals surface area contributed by atoms with Crippen molar-refractivity contribution in [2.24, 2.45) is 0 Å². The molecule has 0 saturated heterocycles. The lowest BCUT2D eigenvalue weighted by atomic mass is 10.1. The van der Waals surface area contributed by atoms with Crippen LogP contribution in [0, 0.1) is 0 Å². The number of hydrogen-bond donors (Lipinski definition) is 1. The quantitative estimate of drug-likeness (QED) is 0.712. The molecule has 1 aliphatic heterocycles. The number of aliphatic hydroxyl groups excluding tert-OH is 1. The Labute approximate surface area is 104 Å². The van der Waals surface area contributed by atoms with Crippen molar-refractivity contribution in [3.8, 4) is 0 Å². The van der Waals surface area contributed by atoms with Crippen molar-refractivity contribution in [3.05, 3.63) is 24.0 Å². The van der Waals surface area contributed by atoms with Crippen LogP contribution >= 0.6 is 0 Å². The van der Waals surface area contributed by atoms with Crippen LogP contribution in [-0.2, 0) is 13.6 Å². The third-order valence-corrected chi connectivity index (χ3v) is 5.64. The molecule has 1 heterocycles. The van der Waals surface area contributed by atoms with Gasteiger partial charge in [0.2, 0.25) is 6.29 Å². The van der Waals surface area contributed by atoms with Crippen LogP contribution in [0.1, 0.15) is 20.3 Å². The zero-order valence-corrected chi connectivity index (χ0v) is 11.8. The first-order valence-electron chi connectivity index (χ1n) is 6.08. The molecule has 4 nitrogen and oxygen atoms in total. The second kappa shape index (κ2) is 6.96. The lowest BCUT2D eigenvalue weighted by molar-refractivity contribution is -0.0251. The molecule has 1 rings (SSSR count). The van der Waals surface area contributed by atoms with E-state index in [4.69, 9.17) is 13.6 Å². The van der Waals surface area contributed by atoms with Crippen LogP contribution < -0.4 is 0 Å². The zero-order chi connectivity index (χ0) is 12.7. The van der Waals surface area contributed by atoms with Gasteiger partial charge < -0.3 is 18.7 Å². The van der Waals surface area contributed by atoms with Crippen LogP contribution in [0.25, 0.3) is 0 Å². The molecule has 1 unspecified atom stereocenters. The molecule has 1 atom stereocenters. The van der Waals surface area contributed by atoms with Gasteiger partial charge in [-0.2, -0.15) is 0 Å². The molecular weight excluding hydrogens is 236 g/mol. The van der Waals surface area contributed by atoms with Crippen molar-refractivity contribution in [2.45, 2.75) is 39.1 Å². The minimum absolute atomic E-state index is 0.667. The number of aliphatic hydroxyl groups is 1. The fourth-order valence-corrected chi connectivity index (χ4v) is 4.16. The second-order valence-electron chi connectivity index (χ2n) is 4.06. The predicted octanol–water partition coefficient (Wildman–Crippen LogP) is 2.31. The molecule has 0 spiro atoms. The first kappa shape index (κ1) is 14.4. The van der Waals surface area contributed by atoms with Crippen molar-refractivity contribution >= 4 is 8.56 Å². The third kappa shape index (κ3) is 4.63. The summed E-state index contributed by atoms with van der Waals surface area (Å²) in [6, 6.07) is 0.828. The van der Waals surface area contributed by atoms with E-state index >= 15 is 0 Å². The molecule has 0 radical (unpaired) electrons. The largest absolute Gasteiger partial charge is 0.469 e. The minimum atomic E-state index is -2.09. The maximum Gasteiger partial charge on any atom is 0.335 e. The summed E-state index contributed by atoms with van der Waals surface area (Å²) in [7, 11) is -2.09. The molecule has 0 aromatic rings. The Kier molecular flexibility index (Phi) is 5.91. The maximum absolute atomic E-state index is 9.62. The molecule has 0 fully saturated rings. The summed E-state index contributed by atoms with van der Waals surface area (Å²) >= 11 is 0. The zero-order valence-electron chi connectivity index (χ0n) is 10.8. The van der Waals surface area contributed by atoms with Gasteiger partial charge in [-0.05, 0) is 44.5 Å². The van der Waals surface area contributed by atoms with Gasteiger partial charge in [0.05, 0.1) is 6.26 Å². The first-order valence-corrected chi connectivity index (χ1v) is 8.60. The molecule has 0 aliphatic carbocycles. The Morgan fingerprint density at radius 3 is 2.53 bits per heavy atom. The predicted molar refractivity (Wildman–Crippen MR) is 68.6 cm³/mol. The van der Waals surface area contributed by atoms with E-state index in [-0.39, 0.29) is 0 Å². The van der Waals surface area contributed by atoms with E-state index in [2.05, 4.69) is 6.55 Å². The molecule has 0 amide bonds. The summed E-state index contributed by atoms with van der Waals surface area (Å²) in [5.41, 5.74) is 0.880. The van der Waals surface area contributed by atoms with Gasteiger partial charge in [0.1, 0.15) is 0 Å². The SMILES string of the molecule is CCO[Si](C)(CCC1=CC=COC1O)OCC. The van der Waals surface area contributed by atoms with Crippen LogP contribution in [0.2, 0.25) is 12.6 Å². The van der Waals surface area contributed by atoms with E-state index in [1.807, 2.05) is 19.9 Å². The molecule has 0 aromatic heterocycles. The summed E-state index contributed by atoms with van der Waals surface area (Å²) in [5, 5.41) is 9.62. The van der Waals surface area contributed by atoms with Gasteiger partial charge in [-0.15, -0.1) is 0 Å². The Hall–Kier alpha value is -0.623. The number of rotatable bonds is 7. The summed E-state index contributed by atoms with van der Waals surface area (Å²) in [5.74, 6) is 0. The van der Waals surface area contributed by atoms with E-state index in [1.54, 1.807) is 6.08 Å². The fourth-order valence-electron chi connectivity index (χ4n) is 1.83. The van der Waals surface area contributed by atoms with Gasteiger partial charge in [0.25, 0.3) is 0 Å². The van der Waals surface area contributed by atoms with Crippen LogP contribution in [0.3, 0.4) is 0 Å². The van der Waals surface area contributed by atoms with E-state index < -0.39 is 14.9 Å². The maximum atomic E-state index is 9.62. The molecule has 0 saturated carbocycles. The lowest BCUT2D eigenvalue weighted by Crippen LogP contribution is -2.39. The topological polar surface area (TPSA) is 47.9 Å². The highest BCUT2D eigenvalue weighted by Gasteiger charge is 2.31. The van der Waals surface area contributed by atoms with Crippen molar-refractivity contribution in [2.75, 3.05) is 13.2 Å². The van der Waals surface area contributed by atoms with Crippen molar-refractivity contribution in [1.29, 1.82) is 0 Å². The normalized spacial score (nSPS) is 20.0. The van der Waals surface area contributed by atoms with Gasteiger partial charge >= 0.3 is 8.56 Å². The average Bonchev–Trinajstić information content (AvgIpc) is 2.29. The minimum Gasteiger partial charge on any atom is -0.469 e. The van der Waals surface area contributed by atoms with Gasteiger partial charge in [-0.3, -0.25) is 0 Å². The van der Waals surface area contributed by atoms with E-state index in [0.717, 1.165) is 18.0 Å². The summed E-state index contributed by atoms with van der Waals surface area (Å²) in [6.45, 7) is 7.35. The molecule has 98 valence electrons. The second-order valence-corrected chi connectivity index (χ2v) is 7.40. The van der Waals surface area contributed by atoms with Gasteiger partial charge in [-0.1, -0.05) is 6.08 Å². The fraction of sp³-hybridized carbons (Fsp3) is 0.667. The van der Waals surface area contributed by atoms with Crippen molar-refractivity contribution in [3.63, 3.8) is 0 Å². The van der Waals surface area contributed by atoms with Gasteiger partial charge in [0, 0.05) is 13.2 Å².